The van der Waals surface area contributed by atoms with Gasteiger partial charge in [0, 0.05) is 12.5 Å². The zero-order valence-electron chi connectivity index (χ0n) is 12.0. The molecule has 112 valence electrons. The van der Waals surface area contributed by atoms with E-state index in [1.807, 2.05) is 30.3 Å². The number of rotatable bonds is 8. The van der Waals surface area contributed by atoms with Gasteiger partial charge in [-0.2, -0.15) is 0 Å². The van der Waals surface area contributed by atoms with E-state index >= 15 is 0 Å². The van der Waals surface area contributed by atoms with Gasteiger partial charge in [-0.1, -0.05) is 42.5 Å². The fourth-order valence-electron chi connectivity index (χ4n) is 2.34. The Morgan fingerprint density at radius 1 is 1.00 bits per heavy atom. The van der Waals surface area contributed by atoms with Crippen molar-refractivity contribution in [2.75, 3.05) is 19.1 Å². The monoisotopic (exact) mass is 304 g/mol. The maximum absolute atomic E-state index is 9.57. The smallest absolute Gasteiger partial charge is 0.119 e. The summed E-state index contributed by atoms with van der Waals surface area (Å²) in [6, 6.07) is 18.3. The first-order chi connectivity index (χ1) is 10.3. The van der Waals surface area contributed by atoms with Gasteiger partial charge in [0.05, 0.1) is 5.88 Å². The van der Waals surface area contributed by atoms with Crippen molar-refractivity contribution in [1.82, 2.24) is 0 Å². The molecular weight excluding hydrogens is 284 g/mol. The first-order valence-electron chi connectivity index (χ1n) is 7.27. The predicted octanol–water partition coefficient (Wildman–Crippen LogP) is 4.01. The van der Waals surface area contributed by atoms with Crippen LogP contribution in [0.5, 0.6) is 5.75 Å². The lowest BCUT2D eigenvalue weighted by atomic mass is 9.93. The van der Waals surface area contributed by atoms with Crippen LogP contribution in [-0.2, 0) is 6.42 Å². The van der Waals surface area contributed by atoms with Crippen molar-refractivity contribution in [2.24, 2.45) is 0 Å². The number of alkyl halides is 1. The second kappa shape index (κ2) is 8.71. The summed E-state index contributed by atoms with van der Waals surface area (Å²) in [5, 5.41) is 9.57. The molecule has 2 aromatic carbocycles. The minimum Gasteiger partial charge on any atom is -0.492 e. The van der Waals surface area contributed by atoms with Crippen molar-refractivity contribution in [2.45, 2.75) is 18.8 Å². The maximum Gasteiger partial charge on any atom is 0.119 e. The number of aliphatic hydroxyl groups excluding tert-OH is 1. The third kappa shape index (κ3) is 5.07. The van der Waals surface area contributed by atoms with Crippen LogP contribution in [0.2, 0.25) is 0 Å². The van der Waals surface area contributed by atoms with Crippen LogP contribution in [0.4, 0.5) is 0 Å². The highest BCUT2D eigenvalue weighted by Crippen LogP contribution is 2.22. The molecule has 0 aliphatic rings. The van der Waals surface area contributed by atoms with E-state index in [-0.39, 0.29) is 12.5 Å². The zero-order valence-corrected chi connectivity index (χ0v) is 12.8. The van der Waals surface area contributed by atoms with Crippen LogP contribution >= 0.6 is 11.6 Å². The molecule has 0 saturated heterocycles. The Hall–Kier alpha value is -1.51. The van der Waals surface area contributed by atoms with Gasteiger partial charge in [-0.15, -0.1) is 11.6 Å². The van der Waals surface area contributed by atoms with E-state index in [0.29, 0.717) is 12.5 Å². The fraction of sp³-hybridized carbons (Fsp3) is 0.333. The Morgan fingerprint density at radius 2 is 1.71 bits per heavy atom. The molecule has 1 N–H and O–H groups in total. The van der Waals surface area contributed by atoms with E-state index in [0.717, 1.165) is 18.6 Å². The Kier molecular flexibility index (Phi) is 6.58. The molecule has 0 unspecified atom stereocenters. The molecule has 0 bridgehead atoms. The molecule has 0 aliphatic heterocycles. The average Bonchev–Trinajstić information content (AvgIpc) is 2.55. The lowest BCUT2D eigenvalue weighted by molar-refractivity contribution is 0.259. The fourth-order valence-corrected chi connectivity index (χ4v) is 2.42. The van der Waals surface area contributed by atoms with Crippen LogP contribution < -0.4 is 4.74 Å². The number of aryl methyl sites for hydroxylation is 1. The molecule has 3 heteroatoms. The number of hydrogen-bond donors (Lipinski definition) is 1. The average molecular weight is 305 g/mol. The molecule has 0 aromatic heterocycles. The largest absolute Gasteiger partial charge is 0.492 e. The molecule has 0 saturated carbocycles. The molecule has 1 atom stereocenters. The SMILES string of the molecule is OC[C@@H](CCc1ccc(OCCCl)cc1)c1ccccc1. The molecule has 2 aromatic rings. The van der Waals surface area contributed by atoms with Gasteiger partial charge in [0.2, 0.25) is 0 Å². The number of halogens is 1. The number of aliphatic hydroxyl groups is 1. The molecule has 2 nitrogen and oxygen atoms in total. The van der Waals surface area contributed by atoms with Gasteiger partial charge in [0.15, 0.2) is 0 Å². The van der Waals surface area contributed by atoms with Crippen molar-refractivity contribution in [3.05, 3.63) is 65.7 Å². The summed E-state index contributed by atoms with van der Waals surface area (Å²) < 4.78 is 5.45. The third-order valence-corrected chi connectivity index (χ3v) is 3.70. The Balaban J connectivity index is 1.89. The summed E-state index contributed by atoms with van der Waals surface area (Å²) in [7, 11) is 0. The Morgan fingerprint density at radius 3 is 2.33 bits per heavy atom. The van der Waals surface area contributed by atoms with Crippen LogP contribution in [0.1, 0.15) is 23.5 Å². The maximum atomic E-state index is 9.57. The van der Waals surface area contributed by atoms with Crippen molar-refractivity contribution in [3.63, 3.8) is 0 Å². The molecular formula is C18H21ClO2. The quantitative estimate of drug-likeness (QED) is 0.747. The van der Waals surface area contributed by atoms with Gasteiger partial charge < -0.3 is 9.84 Å². The standard InChI is InChI=1S/C18H21ClO2/c19-12-13-21-18-10-7-15(8-11-18)6-9-17(14-20)16-4-2-1-3-5-16/h1-5,7-8,10-11,17,20H,6,9,12-14H2/t17-/m1/s1. The number of benzene rings is 2. The van der Waals surface area contributed by atoms with Gasteiger partial charge in [-0.05, 0) is 36.1 Å². The Labute approximate surface area is 131 Å². The minimum atomic E-state index is 0.181. The highest BCUT2D eigenvalue weighted by Gasteiger charge is 2.10. The first kappa shape index (κ1) is 15.9. The first-order valence-corrected chi connectivity index (χ1v) is 7.80. The van der Waals surface area contributed by atoms with E-state index < -0.39 is 0 Å². The van der Waals surface area contributed by atoms with Crippen LogP contribution in [0, 0.1) is 0 Å². The van der Waals surface area contributed by atoms with E-state index in [2.05, 4.69) is 24.3 Å². The summed E-state index contributed by atoms with van der Waals surface area (Å²) in [4.78, 5) is 0. The van der Waals surface area contributed by atoms with Crippen molar-refractivity contribution >= 4 is 11.6 Å². The van der Waals surface area contributed by atoms with Gasteiger partial charge >= 0.3 is 0 Å². The number of ether oxygens (including phenoxy) is 1. The van der Waals surface area contributed by atoms with Crippen LogP contribution in [0.3, 0.4) is 0 Å². The third-order valence-electron chi connectivity index (χ3n) is 3.54. The lowest BCUT2D eigenvalue weighted by Gasteiger charge is -2.14. The minimum absolute atomic E-state index is 0.181. The molecule has 0 fully saturated rings. The summed E-state index contributed by atoms with van der Waals surface area (Å²) >= 11 is 5.59. The second-order valence-corrected chi connectivity index (χ2v) is 5.39. The van der Waals surface area contributed by atoms with E-state index in [4.69, 9.17) is 16.3 Å². The molecule has 0 heterocycles. The molecule has 2 rings (SSSR count). The topological polar surface area (TPSA) is 29.5 Å². The summed E-state index contributed by atoms with van der Waals surface area (Å²) in [5.74, 6) is 1.54. The Bertz CT molecular complexity index is 511. The lowest BCUT2D eigenvalue weighted by Crippen LogP contribution is -2.05. The van der Waals surface area contributed by atoms with Crippen molar-refractivity contribution in [3.8, 4) is 5.75 Å². The van der Waals surface area contributed by atoms with E-state index in [1.165, 1.54) is 11.1 Å². The predicted molar refractivity (Wildman–Crippen MR) is 87.2 cm³/mol. The summed E-state index contributed by atoms with van der Waals surface area (Å²) in [5.41, 5.74) is 2.45. The second-order valence-electron chi connectivity index (χ2n) is 5.01. The van der Waals surface area contributed by atoms with E-state index in [1.54, 1.807) is 0 Å². The van der Waals surface area contributed by atoms with Gasteiger partial charge in [0.25, 0.3) is 0 Å². The zero-order chi connectivity index (χ0) is 14.9. The highest BCUT2D eigenvalue weighted by atomic mass is 35.5. The van der Waals surface area contributed by atoms with Gasteiger partial charge in [-0.3, -0.25) is 0 Å². The van der Waals surface area contributed by atoms with Crippen LogP contribution in [0.25, 0.3) is 0 Å². The summed E-state index contributed by atoms with van der Waals surface area (Å²) in [6.07, 6.45) is 1.87. The molecule has 0 amide bonds. The van der Waals surface area contributed by atoms with Crippen molar-refractivity contribution in [1.29, 1.82) is 0 Å². The molecule has 0 spiro atoms. The molecule has 0 radical (unpaired) electrons. The van der Waals surface area contributed by atoms with Crippen LogP contribution in [-0.4, -0.2) is 24.2 Å². The molecule has 0 aliphatic carbocycles. The molecule has 21 heavy (non-hydrogen) atoms. The highest BCUT2D eigenvalue weighted by molar-refractivity contribution is 6.18. The van der Waals surface area contributed by atoms with Gasteiger partial charge in [-0.25, -0.2) is 0 Å². The number of hydrogen-bond acceptors (Lipinski definition) is 2. The van der Waals surface area contributed by atoms with Crippen molar-refractivity contribution < 1.29 is 9.84 Å². The van der Waals surface area contributed by atoms with Crippen LogP contribution in [0.15, 0.2) is 54.6 Å². The normalized spacial score (nSPS) is 12.1. The van der Waals surface area contributed by atoms with E-state index in [9.17, 15) is 5.11 Å². The van der Waals surface area contributed by atoms with Gasteiger partial charge in [0.1, 0.15) is 12.4 Å². The summed E-state index contributed by atoms with van der Waals surface area (Å²) in [6.45, 7) is 0.711.